The summed E-state index contributed by atoms with van der Waals surface area (Å²) in [7, 11) is 0. The normalized spacial score (nSPS) is 15.9. The van der Waals surface area contributed by atoms with Crippen molar-refractivity contribution < 1.29 is 23.1 Å². The van der Waals surface area contributed by atoms with Crippen LogP contribution in [0.5, 0.6) is 0 Å². The number of carbonyl (C=O) groups excluding carboxylic acids is 1. The van der Waals surface area contributed by atoms with E-state index >= 15 is 0 Å². The van der Waals surface area contributed by atoms with Gasteiger partial charge in [-0.05, 0) is 74.0 Å². The highest BCUT2D eigenvalue weighted by atomic mass is 32.2. The van der Waals surface area contributed by atoms with Crippen molar-refractivity contribution in [2.75, 3.05) is 17.8 Å². The molecule has 6 nitrogen and oxygen atoms in total. The number of fused-ring (bicyclic) bond motifs is 1. The van der Waals surface area contributed by atoms with E-state index in [0.717, 1.165) is 21.6 Å². The predicted molar refractivity (Wildman–Crippen MR) is 125 cm³/mol. The number of aliphatic hydroxyl groups is 1. The molecule has 2 heterocycles. The molecule has 2 N–H and O–H groups in total. The molecule has 0 spiro atoms. The largest absolute Gasteiger partial charge is 0.390 e. The molecule has 1 fully saturated rings. The molecule has 1 amide bonds. The zero-order chi connectivity index (χ0) is 24.2. The van der Waals surface area contributed by atoms with Crippen LogP contribution in [-0.2, 0) is 0 Å². The summed E-state index contributed by atoms with van der Waals surface area (Å²) in [5, 5.41) is 10.6. The first-order valence-electron chi connectivity index (χ1n) is 11.0. The summed E-state index contributed by atoms with van der Waals surface area (Å²) in [5.41, 5.74) is 1.81. The number of nitrogens with zero attached hydrogens (tertiary/aromatic N) is 3. The van der Waals surface area contributed by atoms with Crippen LogP contribution in [0.4, 0.5) is 18.9 Å². The van der Waals surface area contributed by atoms with Crippen LogP contribution in [-0.4, -0.2) is 50.7 Å². The minimum absolute atomic E-state index is 0.0921. The molecule has 0 radical (unpaired) electrons. The van der Waals surface area contributed by atoms with Gasteiger partial charge < -0.3 is 14.7 Å². The molecule has 1 aliphatic rings. The lowest BCUT2D eigenvalue weighted by molar-refractivity contribution is -0.138. The summed E-state index contributed by atoms with van der Waals surface area (Å²) >= 11 is 1.41. The fourth-order valence-corrected chi connectivity index (χ4v) is 4.78. The van der Waals surface area contributed by atoms with Gasteiger partial charge in [0.1, 0.15) is 5.52 Å². The Labute approximate surface area is 199 Å². The molecule has 1 aromatic heterocycles. The van der Waals surface area contributed by atoms with Crippen LogP contribution >= 0.6 is 11.9 Å². The van der Waals surface area contributed by atoms with Gasteiger partial charge in [0.25, 0.3) is 5.91 Å². The van der Waals surface area contributed by atoms with Gasteiger partial charge in [0.2, 0.25) is 0 Å². The maximum absolute atomic E-state index is 12.8. The van der Waals surface area contributed by atoms with Crippen molar-refractivity contribution in [3.05, 3.63) is 60.4 Å². The van der Waals surface area contributed by atoms with E-state index < -0.39 is 18.2 Å². The second kappa shape index (κ2) is 10.2. The molecule has 0 bridgehead atoms. The first-order chi connectivity index (χ1) is 16.2. The third-order valence-electron chi connectivity index (χ3n) is 5.96. The Morgan fingerprint density at radius 2 is 1.79 bits per heavy atom. The number of alkyl halides is 3. The van der Waals surface area contributed by atoms with Gasteiger partial charge >= 0.3 is 6.18 Å². The van der Waals surface area contributed by atoms with Gasteiger partial charge in [0, 0.05) is 43.2 Å². The maximum Gasteiger partial charge on any atom is 0.389 e. The zero-order valence-corrected chi connectivity index (χ0v) is 19.2. The molecule has 0 unspecified atom stereocenters. The zero-order valence-electron chi connectivity index (χ0n) is 18.4. The number of rotatable bonds is 7. The highest BCUT2D eigenvalue weighted by molar-refractivity contribution is 8.00. The molecule has 34 heavy (non-hydrogen) atoms. The van der Waals surface area contributed by atoms with Crippen molar-refractivity contribution >= 4 is 34.6 Å². The van der Waals surface area contributed by atoms with Gasteiger partial charge in [0.05, 0.1) is 16.0 Å². The molecule has 3 aromatic rings. The van der Waals surface area contributed by atoms with Gasteiger partial charge in [-0.2, -0.15) is 13.2 Å². The van der Waals surface area contributed by atoms with Gasteiger partial charge in [-0.3, -0.25) is 14.8 Å². The van der Waals surface area contributed by atoms with Gasteiger partial charge in [-0.25, -0.2) is 0 Å². The molecule has 1 saturated heterocycles. The van der Waals surface area contributed by atoms with E-state index in [0.29, 0.717) is 18.7 Å². The van der Waals surface area contributed by atoms with Crippen molar-refractivity contribution in [3.8, 4) is 0 Å². The fourth-order valence-electron chi connectivity index (χ4n) is 4.02. The molecular formula is C24H25F3N4O2S. The minimum Gasteiger partial charge on any atom is -0.390 e. The van der Waals surface area contributed by atoms with Crippen molar-refractivity contribution in [2.24, 2.45) is 0 Å². The standard InChI is InChI=1S/C24H25F3N4O2S/c25-24(26,27)10-2-9-23(33)11-15-31(16-12-23)22(32)17-5-7-18(8-6-17)30-34-20-4-1-3-19-21(20)29-14-13-28-19/h1,3-8,13-14,30,33H,2,9-12,15-16H2. The molecule has 2 aromatic carbocycles. The van der Waals surface area contributed by atoms with E-state index in [4.69, 9.17) is 0 Å². The van der Waals surface area contributed by atoms with Gasteiger partial charge in [-0.15, -0.1) is 0 Å². The van der Waals surface area contributed by atoms with Gasteiger partial charge in [-0.1, -0.05) is 6.07 Å². The third kappa shape index (κ3) is 6.18. The molecule has 1 aliphatic heterocycles. The SMILES string of the molecule is O=C(c1ccc(NSc2cccc3nccnc23)cc1)N1CCC(O)(CCCC(F)(F)F)CC1. The summed E-state index contributed by atoms with van der Waals surface area (Å²) in [6.45, 7) is 0.638. The first-order valence-corrected chi connectivity index (χ1v) is 11.9. The lowest BCUT2D eigenvalue weighted by atomic mass is 9.86. The van der Waals surface area contributed by atoms with Crippen LogP contribution in [0.25, 0.3) is 11.0 Å². The lowest BCUT2D eigenvalue weighted by Gasteiger charge is -2.38. The maximum atomic E-state index is 12.8. The Bertz CT molecular complexity index is 1130. The van der Waals surface area contributed by atoms with E-state index in [9.17, 15) is 23.1 Å². The summed E-state index contributed by atoms with van der Waals surface area (Å²) in [4.78, 5) is 24.1. The number of para-hydroxylation sites is 1. The highest BCUT2D eigenvalue weighted by Crippen LogP contribution is 2.31. The van der Waals surface area contributed by atoms with Crippen molar-refractivity contribution in [1.29, 1.82) is 0 Å². The number of anilines is 1. The number of benzene rings is 2. The number of likely N-dealkylation sites (tertiary alicyclic amines) is 1. The Hall–Kier alpha value is -2.85. The van der Waals surface area contributed by atoms with E-state index in [1.54, 1.807) is 29.4 Å². The number of hydrogen-bond donors (Lipinski definition) is 2. The molecule has 0 saturated carbocycles. The van der Waals surface area contributed by atoms with Crippen LogP contribution < -0.4 is 4.72 Å². The first kappa shape index (κ1) is 24.3. The molecular weight excluding hydrogens is 465 g/mol. The number of piperidine rings is 1. The van der Waals surface area contributed by atoms with Gasteiger partial charge in [0.15, 0.2) is 0 Å². The second-order valence-electron chi connectivity index (χ2n) is 8.45. The number of halogens is 3. The number of amides is 1. The summed E-state index contributed by atoms with van der Waals surface area (Å²) in [5.74, 6) is -0.152. The van der Waals surface area contributed by atoms with Crippen molar-refractivity contribution in [1.82, 2.24) is 14.9 Å². The van der Waals surface area contributed by atoms with Crippen molar-refractivity contribution in [2.45, 2.75) is 48.8 Å². The smallest absolute Gasteiger partial charge is 0.389 e. The van der Waals surface area contributed by atoms with Crippen LogP contribution in [0.15, 0.2) is 59.8 Å². The average Bonchev–Trinajstić information content (AvgIpc) is 2.82. The van der Waals surface area contributed by atoms with Crippen LogP contribution in [0.1, 0.15) is 42.5 Å². The lowest BCUT2D eigenvalue weighted by Crippen LogP contribution is -2.46. The Balaban J connectivity index is 1.29. The van der Waals surface area contributed by atoms with Crippen LogP contribution in [0, 0.1) is 0 Å². The Morgan fingerprint density at radius 1 is 1.09 bits per heavy atom. The number of carbonyl (C=O) groups is 1. The van der Waals surface area contributed by atoms with Crippen molar-refractivity contribution in [3.63, 3.8) is 0 Å². The van der Waals surface area contributed by atoms with Crippen LogP contribution in [0.3, 0.4) is 0 Å². The summed E-state index contributed by atoms with van der Waals surface area (Å²) in [6, 6.07) is 12.9. The number of aromatic nitrogens is 2. The minimum atomic E-state index is -4.21. The van der Waals surface area contributed by atoms with E-state index in [1.807, 2.05) is 30.3 Å². The third-order valence-corrected chi connectivity index (χ3v) is 6.84. The number of hydrogen-bond acceptors (Lipinski definition) is 6. The van der Waals surface area contributed by atoms with E-state index in [1.165, 1.54) is 11.9 Å². The predicted octanol–water partition coefficient (Wildman–Crippen LogP) is 5.45. The number of nitrogens with one attached hydrogen (secondary N) is 1. The molecule has 0 atom stereocenters. The topological polar surface area (TPSA) is 78.4 Å². The Kier molecular flexibility index (Phi) is 7.27. The highest BCUT2D eigenvalue weighted by Gasteiger charge is 2.35. The Morgan fingerprint density at radius 3 is 2.50 bits per heavy atom. The summed E-state index contributed by atoms with van der Waals surface area (Å²) < 4.78 is 40.4. The second-order valence-corrected chi connectivity index (χ2v) is 9.30. The average molecular weight is 491 g/mol. The monoisotopic (exact) mass is 490 g/mol. The van der Waals surface area contributed by atoms with E-state index in [2.05, 4.69) is 14.7 Å². The quantitative estimate of drug-likeness (QED) is 0.429. The van der Waals surface area contributed by atoms with Crippen LogP contribution in [0.2, 0.25) is 0 Å². The molecule has 0 aliphatic carbocycles. The molecule has 10 heteroatoms. The van der Waals surface area contributed by atoms with E-state index in [-0.39, 0.29) is 31.6 Å². The molecule has 180 valence electrons. The summed E-state index contributed by atoms with van der Waals surface area (Å²) in [6.07, 6.45) is -1.27. The molecule has 4 rings (SSSR count). The fraction of sp³-hybridized carbons (Fsp3) is 0.375.